The summed E-state index contributed by atoms with van der Waals surface area (Å²) in [6.07, 6.45) is 2.88. The van der Waals surface area contributed by atoms with Gasteiger partial charge in [-0.2, -0.15) is 0 Å². The lowest BCUT2D eigenvalue weighted by Crippen LogP contribution is -2.22. The van der Waals surface area contributed by atoms with E-state index in [0.29, 0.717) is 13.0 Å². The number of nitrogens with two attached hydrogens (primary N) is 1. The molecule has 86 valence electrons. The fraction of sp³-hybridized carbons (Fsp3) is 0.364. The van der Waals surface area contributed by atoms with Gasteiger partial charge in [-0.1, -0.05) is 13.0 Å². The average Bonchev–Trinajstić information content (AvgIpc) is 2.27. The van der Waals surface area contributed by atoms with Crippen LogP contribution in [-0.2, 0) is 11.3 Å². The van der Waals surface area contributed by atoms with E-state index < -0.39 is 5.91 Å². The molecule has 0 atom stereocenters. The van der Waals surface area contributed by atoms with Crippen LogP contribution < -0.4 is 11.1 Å². The van der Waals surface area contributed by atoms with Crippen molar-refractivity contribution >= 4 is 11.8 Å². The van der Waals surface area contributed by atoms with Crippen LogP contribution in [0.2, 0.25) is 0 Å². The normalized spacial score (nSPS) is 9.81. The highest BCUT2D eigenvalue weighted by Crippen LogP contribution is 1.99. The number of nitrogens with one attached hydrogen (secondary N) is 1. The smallest absolute Gasteiger partial charge is 0.267 e. The molecule has 3 N–H and O–H groups in total. The van der Waals surface area contributed by atoms with Crippen molar-refractivity contribution in [3.8, 4) is 0 Å². The van der Waals surface area contributed by atoms with Gasteiger partial charge in [0, 0.05) is 19.2 Å². The van der Waals surface area contributed by atoms with Gasteiger partial charge >= 0.3 is 0 Å². The predicted molar refractivity (Wildman–Crippen MR) is 59.5 cm³/mol. The van der Waals surface area contributed by atoms with Crippen molar-refractivity contribution in [2.45, 2.75) is 26.3 Å². The molecule has 0 spiro atoms. The van der Waals surface area contributed by atoms with E-state index in [1.165, 1.54) is 6.20 Å². The topological polar surface area (TPSA) is 85.1 Å². The van der Waals surface area contributed by atoms with Crippen molar-refractivity contribution < 1.29 is 9.59 Å². The molecule has 0 aliphatic heterocycles. The second kappa shape index (κ2) is 5.85. The van der Waals surface area contributed by atoms with Crippen molar-refractivity contribution in [1.82, 2.24) is 10.3 Å². The number of amides is 2. The van der Waals surface area contributed by atoms with Gasteiger partial charge in [0.2, 0.25) is 5.91 Å². The zero-order chi connectivity index (χ0) is 12.0. The quantitative estimate of drug-likeness (QED) is 0.763. The second-order valence-corrected chi connectivity index (χ2v) is 3.44. The van der Waals surface area contributed by atoms with Crippen LogP contribution in [0.15, 0.2) is 18.3 Å². The van der Waals surface area contributed by atoms with E-state index in [9.17, 15) is 9.59 Å². The minimum Gasteiger partial charge on any atom is -0.364 e. The summed E-state index contributed by atoms with van der Waals surface area (Å²) in [7, 11) is 0. The first-order valence-corrected chi connectivity index (χ1v) is 5.15. The molecule has 0 fully saturated rings. The standard InChI is InChI=1S/C11H15N3O2/c1-2-3-10(15)14-7-8-4-5-9(11(12)16)13-6-8/h4-6H,2-3,7H2,1H3,(H2,12,16)(H,14,15). The molecule has 1 heterocycles. The molecule has 16 heavy (non-hydrogen) atoms. The van der Waals surface area contributed by atoms with Crippen molar-refractivity contribution in [3.63, 3.8) is 0 Å². The van der Waals surface area contributed by atoms with Gasteiger partial charge in [0.15, 0.2) is 0 Å². The Hall–Kier alpha value is -1.91. The average molecular weight is 221 g/mol. The van der Waals surface area contributed by atoms with Gasteiger partial charge in [0.25, 0.3) is 5.91 Å². The molecular weight excluding hydrogens is 206 g/mol. The minimum absolute atomic E-state index is 0.0153. The molecule has 0 bridgehead atoms. The van der Waals surface area contributed by atoms with Crippen LogP contribution in [0.5, 0.6) is 0 Å². The fourth-order valence-corrected chi connectivity index (χ4v) is 1.19. The number of rotatable bonds is 5. The predicted octanol–water partition coefficient (Wildman–Crippen LogP) is 0.597. The van der Waals surface area contributed by atoms with E-state index in [0.717, 1.165) is 12.0 Å². The van der Waals surface area contributed by atoms with Gasteiger partial charge in [-0.05, 0) is 18.1 Å². The van der Waals surface area contributed by atoms with Crippen LogP contribution in [0.1, 0.15) is 35.8 Å². The molecule has 1 rings (SSSR count). The summed E-state index contributed by atoms with van der Waals surface area (Å²) in [5, 5.41) is 2.75. The zero-order valence-electron chi connectivity index (χ0n) is 9.19. The maximum Gasteiger partial charge on any atom is 0.267 e. The highest BCUT2D eigenvalue weighted by molar-refractivity contribution is 5.90. The van der Waals surface area contributed by atoms with Crippen LogP contribution in [-0.4, -0.2) is 16.8 Å². The number of carbonyl (C=O) groups is 2. The third kappa shape index (κ3) is 3.68. The largest absolute Gasteiger partial charge is 0.364 e. The second-order valence-electron chi connectivity index (χ2n) is 3.44. The summed E-state index contributed by atoms with van der Waals surface area (Å²) in [5.41, 5.74) is 6.12. The van der Waals surface area contributed by atoms with Crippen LogP contribution >= 0.6 is 0 Å². The molecule has 5 heteroatoms. The first-order valence-electron chi connectivity index (χ1n) is 5.15. The Morgan fingerprint density at radius 3 is 2.69 bits per heavy atom. The van der Waals surface area contributed by atoms with E-state index in [2.05, 4.69) is 10.3 Å². The van der Waals surface area contributed by atoms with Crippen molar-refractivity contribution in [2.24, 2.45) is 5.73 Å². The van der Waals surface area contributed by atoms with E-state index >= 15 is 0 Å². The molecule has 5 nitrogen and oxygen atoms in total. The third-order valence-corrected chi connectivity index (χ3v) is 2.04. The Kier molecular flexibility index (Phi) is 4.44. The first-order chi connectivity index (χ1) is 7.63. The van der Waals surface area contributed by atoms with Crippen LogP contribution in [0, 0.1) is 0 Å². The lowest BCUT2D eigenvalue weighted by atomic mass is 10.2. The summed E-state index contributed by atoms with van der Waals surface area (Å²) in [5.74, 6) is -0.539. The lowest BCUT2D eigenvalue weighted by Gasteiger charge is -2.04. The Bertz CT molecular complexity index is 373. The van der Waals surface area contributed by atoms with Gasteiger partial charge in [0.05, 0.1) is 0 Å². The Balaban J connectivity index is 2.49. The van der Waals surface area contributed by atoms with Gasteiger partial charge in [-0.25, -0.2) is 0 Å². The Labute approximate surface area is 94.1 Å². The number of aromatic nitrogens is 1. The van der Waals surface area contributed by atoms with E-state index in [-0.39, 0.29) is 11.6 Å². The summed E-state index contributed by atoms with van der Waals surface area (Å²) in [6.45, 7) is 2.37. The summed E-state index contributed by atoms with van der Waals surface area (Å²) in [6, 6.07) is 3.27. The van der Waals surface area contributed by atoms with E-state index in [1.54, 1.807) is 12.1 Å². The lowest BCUT2D eigenvalue weighted by molar-refractivity contribution is -0.121. The van der Waals surface area contributed by atoms with Crippen LogP contribution in [0.3, 0.4) is 0 Å². The van der Waals surface area contributed by atoms with Gasteiger partial charge in [-0.3, -0.25) is 14.6 Å². The number of pyridine rings is 1. The van der Waals surface area contributed by atoms with Gasteiger partial charge < -0.3 is 11.1 Å². The molecule has 0 unspecified atom stereocenters. The molecule has 1 aromatic rings. The third-order valence-electron chi connectivity index (χ3n) is 2.04. The fourth-order valence-electron chi connectivity index (χ4n) is 1.19. The number of hydrogen-bond donors (Lipinski definition) is 2. The van der Waals surface area contributed by atoms with E-state index in [4.69, 9.17) is 5.73 Å². The molecule has 0 aromatic carbocycles. The molecule has 2 amide bonds. The molecule has 0 radical (unpaired) electrons. The highest BCUT2D eigenvalue weighted by atomic mass is 16.2. The SMILES string of the molecule is CCCC(=O)NCc1ccc(C(N)=O)nc1. The maximum atomic E-state index is 11.2. The Morgan fingerprint density at radius 2 is 2.19 bits per heavy atom. The molecule has 0 saturated heterocycles. The van der Waals surface area contributed by atoms with Crippen molar-refractivity contribution in [3.05, 3.63) is 29.6 Å². The Morgan fingerprint density at radius 1 is 1.44 bits per heavy atom. The molecular formula is C11H15N3O2. The van der Waals surface area contributed by atoms with E-state index in [1.807, 2.05) is 6.92 Å². The molecule has 0 aliphatic rings. The number of carbonyl (C=O) groups excluding carboxylic acids is 2. The van der Waals surface area contributed by atoms with Gasteiger partial charge in [0.1, 0.15) is 5.69 Å². The first kappa shape index (κ1) is 12.2. The number of nitrogens with zero attached hydrogens (tertiary/aromatic N) is 1. The van der Waals surface area contributed by atoms with Crippen LogP contribution in [0.4, 0.5) is 0 Å². The monoisotopic (exact) mass is 221 g/mol. The highest BCUT2D eigenvalue weighted by Gasteiger charge is 2.02. The minimum atomic E-state index is -0.554. The summed E-state index contributed by atoms with van der Waals surface area (Å²) < 4.78 is 0. The summed E-state index contributed by atoms with van der Waals surface area (Å²) >= 11 is 0. The number of hydrogen-bond acceptors (Lipinski definition) is 3. The number of primary amides is 1. The zero-order valence-corrected chi connectivity index (χ0v) is 9.19. The molecule has 1 aromatic heterocycles. The summed E-state index contributed by atoms with van der Waals surface area (Å²) in [4.78, 5) is 25.8. The van der Waals surface area contributed by atoms with Crippen LogP contribution in [0.25, 0.3) is 0 Å². The van der Waals surface area contributed by atoms with Crippen molar-refractivity contribution in [1.29, 1.82) is 0 Å². The molecule has 0 aliphatic carbocycles. The van der Waals surface area contributed by atoms with Crippen molar-refractivity contribution in [2.75, 3.05) is 0 Å². The maximum absolute atomic E-state index is 11.2. The molecule has 0 saturated carbocycles. The van der Waals surface area contributed by atoms with Gasteiger partial charge in [-0.15, -0.1) is 0 Å².